The van der Waals surface area contributed by atoms with Crippen LogP contribution >= 0.6 is 0 Å². The number of hydrogen-bond donors (Lipinski definition) is 2. The van der Waals surface area contributed by atoms with E-state index in [4.69, 9.17) is 4.74 Å². The Kier molecular flexibility index (Phi) is 6.95. The number of esters is 1. The van der Waals surface area contributed by atoms with Crippen molar-refractivity contribution in [2.45, 2.75) is 13.3 Å². The van der Waals surface area contributed by atoms with Crippen LogP contribution in [0.5, 0.6) is 0 Å². The summed E-state index contributed by atoms with van der Waals surface area (Å²) in [6.45, 7) is 1.02. The molecule has 3 aromatic rings. The molecule has 3 rings (SSSR count). The third-order valence-corrected chi connectivity index (χ3v) is 4.24. The molecule has 0 heterocycles. The van der Waals surface area contributed by atoms with Gasteiger partial charge in [0.25, 0.3) is 5.91 Å². The molecule has 0 spiro atoms. The third-order valence-electron chi connectivity index (χ3n) is 4.24. The summed E-state index contributed by atoms with van der Waals surface area (Å²) in [6.07, 6.45) is 0.0837. The van der Waals surface area contributed by atoms with E-state index in [0.717, 1.165) is 16.7 Å². The first kappa shape index (κ1) is 20.8. The molecule has 0 fully saturated rings. The van der Waals surface area contributed by atoms with Gasteiger partial charge in [-0.2, -0.15) is 0 Å². The standard InChI is InChI=1S/C24H22N2O4/c1-17(27)25-21-8-5-9-22(15-21)26-23(28)16-30-24(29)14-18-10-12-20(13-11-18)19-6-3-2-4-7-19/h2-13,15H,14,16H2,1H3,(H,25,27)(H,26,28). The summed E-state index contributed by atoms with van der Waals surface area (Å²) in [5.41, 5.74) is 4.04. The maximum Gasteiger partial charge on any atom is 0.310 e. The molecule has 0 atom stereocenters. The van der Waals surface area contributed by atoms with Gasteiger partial charge in [-0.15, -0.1) is 0 Å². The van der Waals surface area contributed by atoms with Crippen LogP contribution < -0.4 is 10.6 Å². The second-order valence-electron chi connectivity index (χ2n) is 6.71. The van der Waals surface area contributed by atoms with Gasteiger partial charge < -0.3 is 15.4 Å². The van der Waals surface area contributed by atoms with Gasteiger partial charge in [-0.1, -0.05) is 60.7 Å². The number of ether oxygens (including phenoxy) is 1. The molecule has 30 heavy (non-hydrogen) atoms. The smallest absolute Gasteiger partial charge is 0.310 e. The zero-order valence-corrected chi connectivity index (χ0v) is 16.6. The van der Waals surface area contributed by atoms with Crippen LogP contribution in [0, 0.1) is 0 Å². The quantitative estimate of drug-likeness (QED) is 0.584. The van der Waals surface area contributed by atoms with Gasteiger partial charge >= 0.3 is 5.97 Å². The number of amides is 2. The minimum absolute atomic E-state index is 0.0837. The Hall–Kier alpha value is -3.93. The van der Waals surface area contributed by atoms with Crippen LogP contribution in [0.3, 0.4) is 0 Å². The van der Waals surface area contributed by atoms with E-state index in [9.17, 15) is 14.4 Å². The number of benzene rings is 3. The lowest BCUT2D eigenvalue weighted by molar-refractivity contribution is -0.146. The van der Waals surface area contributed by atoms with Crippen molar-refractivity contribution in [3.63, 3.8) is 0 Å². The molecule has 6 heteroatoms. The Labute approximate surface area is 174 Å². The van der Waals surface area contributed by atoms with Crippen molar-refractivity contribution in [3.8, 4) is 11.1 Å². The number of rotatable bonds is 7. The molecule has 3 aromatic carbocycles. The minimum Gasteiger partial charge on any atom is -0.455 e. The SMILES string of the molecule is CC(=O)Nc1cccc(NC(=O)COC(=O)Cc2ccc(-c3ccccc3)cc2)c1. The molecule has 152 valence electrons. The van der Waals surface area contributed by atoms with Gasteiger partial charge in [-0.05, 0) is 34.9 Å². The zero-order valence-electron chi connectivity index (χ0n) is 16.6. The van der Waals surface area contributed by atoms with Crippen molar-refractivity contribution >= 4 is 29.2 Å². The maximum atomic E-state index is 12.0. The van der Waals surface area contributed by atoms with Crippen molar-refractivity contribution in [2.75, 3.05) is 17.2 Å². The molecule has 0 saturated heterocycles. The molecule has 0 radical (unpaired) electrons. The van der Waals surface area contributed by atoms with E-state index in [2.05, 4.69) is 10.6 Å². The summed E-state index contributed by atoms with van der Waals surface area (Å²) in [7, 11) is 0. The highest BCUT2D eigenvalue weighted by atomic mass is 16.5. The zero-order chi connectivity index (χ0) is 21.3. The number of carbonyl (C=O) groups excluding carboxylic acids is 3. The Balaban J connectivity index is 1.47. The van der Waals surface area contributed by atoms with E-state index in [-0.39, 0.29) is 18.9 Å². The Bertz CT molecular complexity index is 1030. The normalized spacial score (nSPS) is 10.2. The fraction of sp³-hybridized carbons (Fsp3) is 0.125. The average molecular weight is 402 g/mol. The van der Waals surface area contributed by atoms with Crippen molar-refractivity contribution in [1.29, 1.82) is 0 Å². The number of carbonyl (C=O) groups is 3. The number of anilines is 2. The van der Waals surface area contributed by atoms with E-state index in [1.165, 1.54) is 6.92 Å². The van der Waals surface area contributed by atoms with Crippen molar-refractivity contribution in [1.82, 2.24) is 0 Å². The van der Waals surface area contributed by atoms with Crippen LogP contribution in [0.2, 0.25) is 0 Å². The van der Waals surface area contributed by atoms with E-state index < -0.39 is 11.9 Å². The molecule has 0 aliphatic rings. The molecule has 0 bridgehead atoms. The van der Waals surface area contributed by atoms with Gasteiger partial charge in [0.05, 0.1) is 6.42 Å². The van der Waals surface area contributed by atoms with Crippen LogP contribution in [0.25, 0.3) is 11.1 Å². The highest BCUT2D eigenvalue weighted by Crippen LogP contribution is 2.19. The average Bonchev–Trinajstić information content (AvgIpc) is 2.73. The first-order valence-corrected chi connectivity index (χ1v) is 9.47. The van der Waals surface area contributed by atoms with Gasteiger partial charge in [-0.25, -0.2) is 0 Å². The molecule has 2 N–H and O–H groups in total. The molecule has 0 unspecified atom stereocenters. The van der Waals surface area contributed by atoms with E-state index in [1.807, 2.05) is 54.6 Å². The minimum atomic E-state index is -0.482. The molecule has 0 saturated carbocycles. The van der Waals surface area contributed by atoms with E-state index in [1.54, 1.807) is 24.3 Å². The van der Waals surface area contributed by atoms with Gasteiger partial charge in [0.15, 0.2) is 6.61 Å². The Morgan fingerprint density at radius 1 is 0.767 bits per heavy atom. The fourth-order valence-corrected chi connectivity index (χ4v) is 2.88. The van der Waals surface area contributed by atoms with Gasteiger partial charge in [0.1, 0.15) is 0 Å². The van der Waals surface area contributed by atoms with Crippen molar-refractivity contribution < 1.29 is 19.1 Å². The second kappa shape index (κ2) is 10.0. The summed E-state index contributed by atoms with van der Waals surface area (Å²) < 4.78 is 5.07. The molecule has 6 nitrogen and oxygen atoms in total. The van der Waals surface area contributed by atoms with Crippen molar-refractivity contribution in [3.05, 3.63) is 84.4 Å². The number of nitrogens with one attached hydrogen (secondary N) is 2. The van der Waals surface area contributed by atoms with Gasteiger partial charge in [0.2, 0.25) is 5.91 Å². The topological polar surface area (TPSA) is 84.5 Å². The Morgan fingerprint density at radius 2 is 1.40 bits per heavy atom. The largest absolute Gasteiger partial charge is 0.455 e. The Morgan fingerprint density at radius 3 is 2.07 bits per heavy atom. The highest BCUT2D eigenvalue weighted by Gasteiger charge is 2.10. The van der Waals surface area contributed by atoms with Crippen LogP contribution in [0.1, 0.15) is 12.5 Å². The molecule has 0 aromatic heterocycles. The lowest BCUT2D eigenvalue weighted by Crippen LogP contribution is -2.21. The van der Waals surface area contributed by atoms with Gasteiger partial charge in [0, 0.05) is 18.3 Å². The van der Waals surface area contributed by atoms with Crippen molar-refractivity contribution in [2.24, 2.45) is 0 Å². The fourth-order valence-electron chi connectivity index (χ4n) is 2.88. The summed E-state index contributed by atoms with van der Waals surface area (Å²) in [6, 6.07) is 24.3. The number of hydrogen-bond acceptors (Lipinski definition) is 4. The molecular weight excluding hydrogens is 380 g/mol. The molecular formula is C24H22N2O4. The predicted molar refractivity (Wildman–Crippen MR) is 116 cm³/mol. The van der Waals surface area contributed by atoms with E-state index >= 15 is 0 Å². The monoisotopic (exact) mass is 402 g/mol. The van der Waals surface area contributed by atoms with Crippen LogP contribution in [0.15, 0.2) is 78.9 Å². The second-order valence-corrected chi connectivity index (χ2v) is 6.71. The molecule has 0 aliphatic carbocycles. The third kappa shape index (κ3) is 6.31. The lowest BCUT2D eigenvalue weighted by atomic mass is 10.0. The first-order chi connectivity index (χ1) is 14.5. The summed E-state index contributed by atoms with van der Waals surface area (Å²) >= 11 is 0. The molecule has 2 amide bonds. The summed E-state index contributed by atoms with van der Waals surface area (Å²) in [4.78, 5) is 35.2. The van der Waals surface area contributed by atoms with Gasteiger partial charge in [-0.3, -0.25) is 14.4 Å². The summed E-state index contributed by atoms with van der Waals surface area (Å²) in [5.74, 6) is -1.14. The lowest BCUT2D eigenvalue weighted by Gasteiger charge is -2.09. The molecule has 0 aliphatic heterocycles. The predicted octanol–water partition coefficient (Wildman–Crippen LogP) is 4.04. The highest BCUT2D eigenvalue weighted by molar-refractivity contribution is 5.94. The maximum absolute atomic E-state index is 12.0. The van der Waals surface area contributed by atoms with E-state index in [0.29, 0.717) is 11.4 Å². The van der Waals surface area contributed by atoms with Crippen LogP contribution in [-0.2, 0) is 25.5 Å². The van der Waals surface area contributed by atoms with Crippen LogP contribution in [0.4, 0.5) is 11.4 Å². The summed E-state index contributed by atoms with van der Waals surface area (Å²) in [5, 5.41) is 5.27. The first-order valence-electron chi connectivity index (χ1n) is 9.47. The van der Waals surface area contributed by atoms with Crippen LogP contribution in [-0.4, -0.2) is 24.4 Å².